The Hall–Kier alpha value is -4.04. The Morgan fingerprint density at radius 3 is 2.54 bits per heavy atom. The quantitative estimate of drug-likeness (QED) is 0.299. The number of methoxy groups -OCH3 is 1. The lowest BCUT2D eigenvalue weighted by Crippen LogP contribution is -2.31. The van der Waals surface area contributed by atoms with E-state index in [4.69, 9.17) is 4.74 Å². The maximum absolute atomic E-state index is 13.2. The molecule has 2 heterocycles. The van der Waals surface area contributed by atoms with Crippen molar-refractivity contribution >= 4 is 28.7 Å². The number of aryl methyl sites for hydroxylation is 1. The Kier molecular flexibility index (Phi) is 6.54. The summed E-state index contributed by atoms with van der Waals surface area (Å²) in [5.74, 6) is 2.10. The van der Waals surface area contributed by atoms with Crippen molar-refractivity contribution < 1.29 is 9.53 Å². The summed E-state index contributed by atoms with van der Waals surface area (Å²) in [6, 6.07) is 22.9. The number of nitrogens with one attached hydrogen (secondary N) is 2. The third kappa shape index (κ3) is 5.07. The molecule has 0 saturated heterocycles. The Bertz CT molecular complexity index is 1410. The number of fused-ring (bicyclic) bond motifs is 1. The summed E-state index contributed by atoms with van der Waals surface area (Å²) in [4.78, 5) is 25.6. The first-order chi connectivity index (χ1) is 17.1. The van der Waals surface area contributed by atoms with Crippen LogP contribution in [0, 0.1) is 0 Å². The minimum atomic E-state index is -0.392. The van der Waals surface area contributed by atoms with E-state index < -0.39 is 6.04 Å². The number of carbonyl (C=O) groups excluding carboxylic acids is 1. The molecule has 1 atom stereocenters. The first-order valence-electron chi connectivity index (χ1n) is 11.2. The van der Waals surface area contributed by atoms with Gasteiger partial charge in [-0.1, -0.05) is 48.2 Å². The van der Waals surface area contributed by atoms with Gasteiger partial charge in [0.2, 0.25) is 0 Å². The predicted octanol–water partition coefficient (Wildman–Crippen LogP) is 5.12. The molecule has 0 radical (unpaired) electrons. The molecule has 3 aromatic carbocycles. The number of amides is 1. The molecule has 0 bridgehead atoms. The van der Waals surface area contributed by atoms with Crippen molar-refractivity contribution in [2.45, 2.75) is 17.0 Å². The minimum absolute atomic E-state index is 0.162. The van der Waals surface area contributed by atoms with Crippen LogP contribution in [0.4, 0.5) is 0 Å². The monoisotopic (exact) mass is 483 g/mol. The molecule has 5 aromatic rings. The number of imidazole rings is 2. The fourth-order valence-corrected chi connectivity index (χ4v) is 4.71. The molecule has 2 aromatic heterocycles. The molecule has 2 N–H and O–H groups in total. The van der Waals surface area contributed by atoms with Crippen molar-refractivity contribution in [1.29, 1.82) is 0 Å². The van der Waals surface area contributed by atoms with Crippen molar-refractivity contribution in [1.82, 2.24) is 24.8 Å². The van der Waals surface area contributed by atoms with Gasteiger partial charge in [-0.05, 0) is 47.5 Å². The normalized spacial score (nSPS) is 11.9. The molecular formula is C27H25N5O2S. The van der Waals surface area contributed by atoms with Crippen LogP contribution < -0.4 is 10.1 Å². The van der Waals surface area contributed by atoms with Gasteiger partial charge in [0.15, 0.2) is 5.16 Å². The summed E-state index contributed by atoms with van der Waals surface area (Å²) < 4.78 is 7.18. The average molecular weight is 484 g/mol. The van der Waals surface area contributed by atoms with Gasteiger partial charge in [-0.15, -0.1) is 0 Å². The molecule has 8 heteroatoms. The van der Waals surface area contributed by atoms with Gasteiger partial charge in [-0.3, -0.25) is 4.79 Å². The van der Waals surface area contributed by atoms with Gasteiger partial charge in [0.05, 0.1) is 18.1 Å². The molecule has 176 valence electrons. The standard InChI is InChI=1S/C27H25N5O2S/c1-32-16-15-28-25(32)24(19-11-13-21(34-2)14-12-19)31-26(33)20-9-7-18(8-10-20)17-35-27-29-22-5-3-4-6-23(22)30-27/h3-16,24H,17H2,1-2H3,(H,29,30)(H,31,33). The van der Waals surface area contributed by atoms with Crippen LogP contribution in [-0.2, 0) is 12.8 Å². The molecule has 7 nitrogen and oxygen atoms in total. The Balaban J connectivity index is 1.28. The van der Waals surface area contributed by atoms with E-state index in [9.17, 15) is 4.79 Å². The van der Waals surface area contributed by atoms with Crippen LogP contribution in [0.15, 0.2) is 90.3 Å². The van der Waals surface area contributed by atoms with E-state index in [1.54, 1.807) is 25.1 Å². The second-order valence-electron chi connectivity index (χ2n) is 8.12. The number of rotatable bonds is 8. The van der Waals surface area contributed by atoms with E-state index >= 15 is 0 Å². The maximum atomic E-state index is 13.2. The molecular weight excluding hydrogens is 458 g/mol. The number of hydrogen-bond acceptors (Lipinski definition) is 5. The van der Waals surface area contributed by atoms with Crippen molar-refractivity contribution in [3.63, 3.8) is 0 Å². The molecule has 5 rings (SSSR count). The molecule has 0 aliphatic carbocycles. The number of nitrogens with zero attached hydrogens (tertiary/aromatic N) is 3. The number of H-pyrrole nitrogens is 1. The summed E-state index contributed by atoms with van der Waals surface area (Å²) in [6.07, 6.45) is 3.60. The number of aromatic nitrogens is 4. The number of ether oxygens (including phenoxy) is 1. The van der Waals surface area contributed by atoms with Crippen LogP contribution in [0.3, 0.4) is 0 Å². The zero-order valence-electron chi connectivity index (χ0n) is 19.4. The zero-order chi connectivity index (χ0) is 24.2. The number of carbonyl (C=O) groups is 1. The van der Waals surface area contributed by atoms with E-state index in [2.05, 4.69) is 20.3 Å². The Labute approximate surface area is 207 Å². The molecule has 0 aliphatic rings. The third-order valence-electron chi connectivity index (χ3n) is 5.80. The van der Waals surface area contributed by atoms with Gasteiger partial charge in [0.1, 0.15) is 17.6 Å². The maximum Gasteiger partial charge on any atom is 0.252 e. The van der Waals surface area contributed by atoms with Crippen LogP contribution in [0.2, 0.25) is 0 Å². The van der Waals surface area contributed by atoms with Crippen LogP contribution in [0.1, 0.15) is 33.4 Å². The summed E-state index contributed by atoms with van der Waals surface area (Å²) in [7, 11) is 3.55. The largest absolute Gasteiger partial charge is 0.497 e. The number of benzene rings is 3. The van der Waals surface area contributed by atoms with Gasteiger partial charge < -0.3 is 19.6 Å². The topological polar surface area (TPSA) is 84.8 Å². The highest BCUT2D eigenvalue weighted by atomic mass is 32.2. The lowest BCUT2D eigenvalue weighted by molar-refractivity contribution is 0.0941. The lowest BCUT2D eigenvalue weighted by atomic mass is 10.0. The second-order valence-corrected chi connectivity index (χ2v) is 9.08. The van der Waals surface area contributed by atoms with Gasteiger partial charge in [0, 0.05) is 30.8 Å². The van der Waals surface area contributed by atoms with Gasteiger partial charge in [-0.25, -0.2) is 9.97 Å². The summed E-state index contributed by atoms with van der Waals surface area (Å²) >= 11 is 1.64. The van der Waals surface area contributed by atoms with Crippen LogP contribution in [0.25, 0.3) is 11.0 Å². The molecule has 35 heavy (non-hydrogen) atoms. The first-order valence-corrected chi connectivity index (χ1v) is 12.2. The van der Waals surface area contributed by atoms with E-state index in [1.165, 1.54) is 0 Å². The Morgan fingerprint density at radius 2 is 1.86 bits per heavy atom. The number of aromatic amines is 1. The van der Waals surface area contributed by atoms with Crippen LogP contribution in [0.5, 0.6) is 5.75 Å². The summed E-state index contributed by atoms with van der Waals surface area (Å²) in [6.45, 7) is 0. The van der Waals surface area contributed by atoms with Crippen molar-refractivity contribution in [2.75, 3.05) is 7.11 Å². The fraction of sp³-hybridized carbons (Fsp3) is 0.148. The highest BCUT2D eigenvalue weighted by Gasteiger charge is 2.21. The third-order valence-corrected chi connectivity index (χ3v) is 6.74. The van der Waals surface area contributed by atoms with Crippen LogP contribution >= 0.6 is 11.8 Å². The summed E-state index contributed by atoms with van der Waals surface area (Å²) in [5.41, 5.74) is 4.62. The molecule has 0 saturated carbocycles. The number of para-hydroxylation sites is 2. The second kappa shape index (κ2) is 10.1. The average Bonchev–Trinajstić information content (AvgIpc) is 3.52. The van der Waals surface area contributed by atoms with Gasteiger partial charge in [-0.2, -0.15) is 0 Å². The lowest BCUT2D eigenvalue weighted by Gasteiger charge is -2.19. The van der Waals surface area contributed by atoms with E-state index in [0.29, 0.717) is 5.56 Å². The van der Waals surface area contributed by atoms with Crippen LogP contribution in [-0.4, -0.2) is 32.5 Å². The molecule has 1 amide bonds. The molecule has 1 unspecified atom stereocenters. The van der Waals surface area contributed by atoms with Crippen molar-refractivity contribution in [3.05, 3.63) is 108 Å². The fourth-order valence-electron chi connectivity index (χ4n) is 3.86. The van der Waals surface area contributed by atoms with Gasteiger partial charge in [0.25, 0.3) is 5.91 Å². The highest BCUT2D eigenvalue weighted by Crippen LogP contribution is 2.25. The van der Waals surface area contributed by atoms with Crippen molar-refractivity contribution in [2.24, 2.45) is 7.05 Å². The zero-order valence-corrected chi connectivity index (χ0v) is 20.3. The molecule has 0 fully saturated rings. The number of hydrogen-bond donors (Lipinski definition) is 2. The summed E-state index contributed by atoms with van der Waals surface area (Å²) in [5, 5.41) is 4.02. The predicted molar refractivity (Wildman–Crippen MR) is 138 cm³/mol. The van der Waals surface area contributed by atoms with E-state index in [-0.39, 0.29) is 5.91 Å². The number of thioether (sulfide) groups is 1. The smallest absolute Gasteiger partial charge is 0.252 e. The van der Waals surface area contributed by atoms with E-state index in [0.717, 1.165) is 44.6 Å². The molecule has 0 spiro atoms. The van der Waals surface area contributed by atoms with Crippen molar-refractivity contribution in [3.8, 4) is 5.75 Å². The SMILES string of the molecule is COc1ccc(C(NC(=O)c2ccc(CSc3nc4ccccc4[nH]3)cc2)c2nccn2C)cc1. The minimum Gasteiger partial charge on any atom is -0.497 e. The highest BCUT2D eigenvalue weighted by molar-refractivity contribution is 7.98. The Morgan fingerprint density at radius 1 is 1.09 bits per heavy atom. The molecule has 0 aliphatic heterocycles. The van der Waals surface area contributed by atoms with E-state index in [1.807, 2.05) is 90.6 Å². The van der Waals surface area contributed by atoms with Gasteiger partial charge >= 0.3 is 0 Å². The first kappa shape index (κ1) is 22.7.